The molecule has 0 saturated heterocycles. The molecule has 1 aromatic rings. The van der Waals surface area contributed by atoms with Crippen LogP contribution in [0.15, 0.2) is 17.5 Å². The Hall–Kier alpha value is -1.01. The second kappa shape index (κ2) is 6.55. The van der Waals surface area contributed by atoms with Gasteiger partial charge in [0.2, 0.25) is 0 Å². The van der Waals surface area contributed by atoms with Crippen molar-refractivity contribution in [3.63, 3.8) is 0 Å². The monoisotopic (exact) mass is 259 g/mol. The highest BCUT2D eigenvalue weighted by atomic mass is 32.2. The highest BCUT2D eigenvalue weighted by molar-refractivity contribution is 7.98. The number of thioether (sulfide) groups is 1. The molecule has 0 fully saturated rings. The predicted molar refractivity (Wildman–Crippen MR) is 66.2 cm³/mol. The van der Waals surface area contributed by atoms with Gasteiger partial charge in [0.25, 0.3) is 5.91 Å². The summed E-state index contributed by atoms with van der Waals surface area (Å²) in [7, 11) is 0. The van der Waals surface area contributed by atoms with E-state index < -0.39 is 12.0 Å². The molecule has 1 aromatic heterocycles. The van der Waals surface area contributed by atoms with Crippen molar-refractivity contribution >= 4 is 35.0 Å². The molecule has 1 heterocycles. The van der Waals surface area contributed by atoms with E-state index in [4.69, 9.17) is 5.11 Å². The van der Waals surface area contributed by atoms with Crippen LogP contribution >= 0.6 is 23.1 Å². The van der Waals surface area contributed by atoms with Gasteiger partial charge in [-0.3, -0.25) is 4.79 Å². The summed E-state index contributed by atoms with van der Waals surface area (Å²) in [5, 5.41) is 13.2. The second-order valence-electron chi connectivity index (χ2n) is 3.12. The number of rotatable bonds is 6. The van der Waals surface area contributed by atoms with Crippen molar-refractivity contribution < 1.29 is 14.7 Å². The lowest BCUT2D eigenvalue weighted by Gasteiger charge is -2.12. The van der Waals surface area contributed by atoms with Gasteiger partial charge in [0.05, 0.1) is 4.88 Å². The summed E-state index contributed by atoms with van der Waals surface area (Å²) in [5.74, 6) is -0.593. The van der Waals surface area contributed by atoms with Crippen LogP contribution in [0.1, 0.15) is 16.1 Å². The van der Waals surface area contributed by atoms with E-state index in [-0.39, 0.29) is 5.91 Å². The number of carboxylic acid groups (broad SMARTS) is 1. The van der Waals surface area contributed by atoms with Gasteiger partial charge in [-0.2, -0.15) is 11.8 Å². The smallest absolute Gasteiger partial charge is 0.326 e. The quantitative estimate of drug-likeness (QED) is 0.816. The molecule has 0 spiro atoms. The number of amides is 1. The summed E-state index contributed by atoms with van der Waals surface area (Å²) in [4.78, 5) is 23.0. The zero-order valence-corrected chi connectivity index (χ0v) is 10.4. The average Bonchev–Trinajstić information content (AvgIpc) is 2.76. The van der Waals surface area contributed by atoms with E-state index in [9.17, 15) is 9.59 Å². The molecule has 0 radical (unpaired) electrons. The van der Waals surface area contributed by atoms with E-state index in [2.05, 4.69) is 5.32 Å². The zero-order valence-electron chi connectivity index (χ0n) is 8.80. The van der Waals surface area contributed by atoms with Crippen LogP contribution < -0.4 is 5.32 Å². The molecule has 0 unspecified atom stereocenters. The second-order valence-corrected chi connectivity index (χ2v) is 5.06. The number of hydrogen-bond acceptors (Lipinski definition) is 4. The Kier molecular flexibility index (Phi) is 5.34. The lowest BCUT2D eigenvalue weighted by molar-refractivity contribution is -0.139. The average molecular weight is 259 g/mol. The third-order valence-corrected chi connectivity index (χ3v) is 3.47. The molecule has 0 saturated carbocycles. The number of carboxylic acids is 1. The molecule has 1 atom stereocenters. The summed E-state index contributed by atoms with van der Waals surface area (Å²) >= 11 is 2.86. The van der Waals surface area contributed by atoms with E-state index in [1.165, 1.54) is 11.3 Å². The first-order valence-electron chi connectivity index (χ1n) is 4.71. The molecule has 0 bridgehead atoms. The fraction of sp³-hybridized carbons (Fsp3) is 0.400. The fourth-order valence-electron chi connectivity index (χ4n) is 1.13. The maximum Gasteiger partial charge on any atom is 0.326 e. The van der Waals surface area contributed by atoms with Gasteiger partial charge in [-0.1, -0.05) is 6.07 Å². The van der Waals surface area contributed by atoms with Gasteiger partial charge in [0.1, 0.15) is 6.04 Å². The maximum absolute atomic E-state index is 11.6. The predicted octanol–water partition coefficient (Wildman–Crippen LogP) is 1.68. The minimum atomic E-state index is -0.987. The van der Waals surface area contributed by atoms with Gasteiger partial charge in [0, 0.05) is 0 Å². The molecule has 1 amide bonds. The first-order valence-corrected chi connectivity index (χ1v) is 6.98. The number of thiophene rings is 1. The minimum absolute atomic E-state index is 0.316. The van der Waals surface area contributed by atoms with Gasteiger partial charge in [0.15, 0.2) is 0 Å². The van der Waals surface area contributed by atoms with Gasteiger partial charge in [-0.25, -0.2) is 4.79 Å². The van der Waals surface area contributed by atoms with Gasteiger partial charge in [-0.15, -0.1) is 11.3 Å². The van der Waals surface area contributed by atoms with Crippen molar-refractivity contribution in [1.29, 1.82) is 0 Å². The highest BCUT2D eigenvalue weighted by Gasteiger charge is 2.20. The molecule has 2 N–H and O–H groups in total. The first-order chi connectivity index (χ1) is 7.65. The Morgan fingerprint density at radius 2 is 2.38 bits per heavy atom. The summed E-state index contributed by atoms with van der Waals surface area (Å²) in [5.41, 5.74) is 0. The molecular formula is C10H13NO3S2. The van der Waals surface area contributed by atoms with Crippen molar-refractivity contribution in [3.05, 3.63) is 22.4 Å². The van der Waals surface area contributed by atoms with Gasteiger partial charge in [-0.05, 0) is 29.9 Å². The molecule has 88 valence electrons. The SMILES string of the molecule is CSCC[C@@H](NC(=O)c1cccs1)C(=O)O. The topological polar surface area (TPSA) is 66.4 Å². The molecule has 1 rings (SSSR count). The lowest BCUT2D eigenvalue weighted by Crippen LogP contribution is -2.40. The van der Waals surface area contributed by atoms with Crippen molar-refractivity contribution in [3.8, 4) is 0 Å². The summed E-state index contributed by atoms with van der Waals surface area (Å²) < 4.78 is 0. The lowest BCUT2D eigenvalue weighted by atomic mass is 10.2. The zero-order chi connectivity index (χ0) is 12.0. The largest absolute Gasteiger partial charge is 0.480 e. The molecule has 16 heavy (non-hydrogen) atoms. The molecule has 4 nitrogen and oxygen atoms in total. The summed E-state index contributed by atoms with van der Waals surface area (Å²) in [6.07, 6.45) is 2.34. The molecule has 6 heteroatoms. The van der Waals surface area contributed by atoms with Crippen molar-refractivity contribution in [1.82, 2.24) is 5.32 Å². The van der Waals surface area contributed by atoms with Crippen LogP contribution in [0.25, 0.3) is 0 Å². The number of hydrogen-bond donors (Lipinski definition) is 2. The Morgan fingerprint density at radius 1 is 1.62 bits per heavy atom. The minimum Gasteiger partial charge on any atom is -0.480 e. The van der Waals surface area contributed by atoms with E-state index in [1.807, 2.05) is 6.26 Å². The molecule has 0 aromatic carbocycles. The van der Waals surface area contributed by atoms with Gasteiger partial charge < -0.3 is 10.4 Å². The Morgan fingerprint density at radius 3 is 2.88 bits per heavy atom. The first kappa shape index (κ1) is 13.1. The molecule has 0 aliphatic carbocycles. The van der Waals surface area contributed by atoms with Gasteiger partial charge >= 0.3 is 5.97 Å². The highest BCUT2D eigenvalue weighted by Crippen LogP contribution is 2.09. The van der Waals surface area contributed by atoms with Crippen LogP contribution in [0.2, 0.25) is 0 Å². The Bertz CT molecular complexity index is 351. The number of nitrogens with one attached hydrogen (secondary N) is 1. The van der Waals surface area contributed by atoms with E-state index >= 15 is 0 Å². The Balaban J connectivity index is 2.54. The number of carbonyl (C=O) groups is 2. The van der Waals surface area contributed by atoms with E-state index in [1.54, 1.807) is 29.3 Å². The summed E-state index contributed by atoms with van der Waals surface area (Å²) in [6.45, 7) is 0. The maximum atomic E-state index is 11.6. The molecule has 0 aliphatic heterocycles. The number of carbonyl (C=O) groups excluding carboxylic acids is 1. The van der Waals surface area contributed by atoms with Crippen LogP contribution in [0.3, 0.4) is 0 Å². The van der Waals surface area contributed by atoms with Crippen LogP contribution in [-0.2, 0) is 4.79 Å². The van der Waals surface area contributed by atoms with Crippen LogP contribution in [-0.4, -0.2) is 35.0 Å². The number of aliphatic carboxylic acids is 1. The third kappa shape index (κ3) is 3.86. The van der Waals surface area contributed by atoms with Crippen molar-refractivity contribution in [2.24, 2.45) is 0 Å². The summed E-state index contributed by atoms with van der Waals surface area (Å²) in [6, 6.07) is 2.63. The Labute approximate surface area is 102 Å². The van der Waals surface area contributed by atoms with E-state index in [0.29, 0.717) is 17.1 Å². The normalized spacial score (nSPS) is 12.1. The molecule has 0 aliphatic rings. The van der Waals surface area contributed by atoms with Crippen molar-refractivity contribution in [2.45, 2.75) is 12.5 Å². The third-order valence-electron chi connectivity index (χ3n) is 1.96. The van der Waals surface area contributed by atoms with E-state index in [0.717, 1.165) is 0 Å². The standard InChI is InChI=1S/C10H13NO3S2/c1-15-6-4-7(10(13)14)11-9(12)8-3-2-5-16-8/h2-3,5,7H,4,6H2,1H3,(H,11,12)(H,13,14)/t7-/m1/s1. The van der Waals surface area contributed by atoms with Crippen molar-refractivity contribution in [2.75, 3.05) is 12.0 Å². The fourth-order valence-corrected chi connectivity index (χ4v) is 2.23. The van der Waals surface area contributed by atoms with Crippen LogP contribution in [0.4, 0.5) is 0 Å². The van der Waals surface area contributed by atoms with Crippen LogP contribution in [0, 0.1) is 0 Å². The molecular weight excluding hydrogens is 246 g/mol. The van der Waals surface area contributed by atoms with Crippen LogP contribution in [0.5, 0.6) is 0 Å².